The monoisotopic (exact) mass is 473 g/mol. The predicted octanol–water partition coefficient (Wildman–Crippen LogP) is 9.37. The molecule has 1 heterocycles. The van der Waals surface area contributed by atoms with Gasteiger partial charge < -0.3 is 5.32 Å². The molecule has 0 aliphatic carbocycles. The molecule has 1 aliphatic heterocycles. The van der Waals surface area contributed by atoms with Gasteiger partial charge in [0.15, 0.2) is 0 Å². The second-order valence-electron chi connectivity index (χ2n) is 9.85. The third-order valence-electron chi connectivity index (χ3n) is 7.66. The molecule has 1 unspecified atom stereocenters. The summed E-state index contributed by atoms with van der Waals surface area (Å²) in [5.74, 6) is 0. The van der Waals surface area contributed by atoms with Gasteiger partial charge in [-0.1, -0.05) is 115 Å². The fourth-order valence-corrected chi connectivity index (χ4v) is 5.86. The summed E-state index contributed by atoms with van der Waals surface area (Å²) in [5, 5.41) is 11.1. The normalized spacial score (nSPS) is 15.2. The number of rotatable bonds is 3. The van der Waals surface area contributed by atoms with E-state index in [0.29, 0.717) is 6.04 Å². The molecule has 0 fully saturated rings. The van der Waals surface area contributed by atoms with Crippen molar-refractivity contribution in [3.8, 4) is 22.3 Å². The number of benzene rings is 6. The lowest BCUT2D eigenvalue weighted by molar-refractivity contribution is 0.779. The quantitative estimate of drug-likeness (QED) is 0.252. The number of hydrogen-bond donors (Lipinski definition) is 1. The molecule has 0 aromatic heterocycles. The van der Waals surface area contributed by atoms with E-state index in [0.717, 1.165) is 0 Å². The summed E-state index contributed by atoms with van der Waals surface area (Å²) >= 11 is 0. The van der Waals surface area contributed by atoms with Crippen LogP contribution in [0.5, 0.6) is 0 Å². The van der Waals surface area contributed by atoms with E-state index in [1.165, 1.54) is 65.7 Å². The minimum absolute atomic E-state index is 0.304. The average molecular weight is 474 g/mol. The summed E-state index contributed by atoms with van der Waals surface area (Å²) in [6.07, 6.45) is 6.30. The van der Waals surface area contributed by atoms with Gasteiger partial charge in [0.25, 0.3) is 0 Å². The number of allylic oxidation sites excluding steroid dienone is 2. The first-order chi connectivity index (χ1) is 18.3. The van der Waals surface area contributed by atoms with Crippen LogP contribution in [0, 0.1) is 0 Å². The molecular weight excluding hydrogens is 446 g/mol. The Hall–Kier alpha value is -4.62. The van der Waals surface area contributed by atoms with Crippen molar-refractivity contribution in [3.63, 3.8) is 0 Å². The third kappa shape index (κ3) is 3.63. The zero-order valence-corrected chi connectivity index (χ0v) is 20.8. The Labute approximate surface area is 217 Å². The number of dihydropyridines is 1. The van der Waals surface area contributed by atoms with E-state index in [9.17, 15) is 0 Å². The van der Waals surface area contributed by atoms with E-state index in [1.54, 1.807) is 0 Å². The van der Waals surface area contributed by atoms with Crippen LogP contribution in [0.1, 0.15) is 12.5 Å². The third-order valence-corrected chi connectivity index (χ3v) is 7.66. The van der Waals surface area contributed by atoms with Gasteiger partial charge in [-0.2, -0.15) is 0 Å². The van der Waals surface area contributed by atoms with Gasteiger partial charge in [0.1, 0.15) is 0 Å². The van der Waals surface area contributed by atoms with Crippen LogP contribution in [-0.4, -0.2) is 6.04 Å². The SMILES string of the molecule is CC1NC=CC=C1c1ccc(-c2c3ccccc3c(-c3ccc4ccccc4c3)c3ccccc23)cc1. The first-order valence-electron chi connectivity index (χ1n) is 12.9. The van der Waals surface area contributed by atoms with Crippen LogP contribution in [-0.2, 0) is 0 Å². The fraction of sp³-hybridized carbons (Fsp3) is 0.0556. The molecule has 0 amide bonds. The largest absolute Gasteiger partial charge is 0.384 e. The molecule has 6 aromatic carbocycles. The van der Waals surface area contributed by atoms with Crippen molar-refractivity contribution in [3.05, 3.63) is 139 Å². The molecule has 7 rings (SSSR count). The molecule has 0 saturated carbocycles. The smallest absolute Gasteiger partial charge is 0.0486 e. The first-order valence-corrected chi connectivity index (χ1v) is 12.9. The highest BCUT2D eigenvalue weighted by Gasteiger charge is 2.17. The Morgan fingerprint density at radius 1 is 0.514 bits per heavy atom. The van der Waals surface area contributed by atoms with Gasteiger partial charge in [-0.15, -0.1) is 0 Å². The fourth-order valence-electron chi connectivity index (χ4n) is 5.86. The average Bonchev–Trinajstić information content (AvgIpc) is 2.96. The molecule has 176 valence electrons. The molecule has 37 heavy (non-hydrogen) atoms. The Balaban J connectivity index is 1.48. The van der Waals surface area contributed by atoms with E-state index in [2.05, 4.69) is 140 Å². The van der Waals surface area contributed by atoms with E-state index < -0.39 is 0 Å². The van der Waals surface area contributed by atoms with E-state index >= 15 is 0 Å². The summed E-state index contributed by atoms with van der Waals surface area (Å²) < 4.78 is 0. The van der Waals surface area contributed by atoms with Gasteiger partial charge in [0.05, 0.1) is 0 Å². The van der Waals surface area contributed by atoms with Crippen molar-refractivity contribution in [2.24, 2.45) is 0 Å². The van der Waals surface area contributed by atoms with Crippen LogP contribution in [0.4, 0.5) is 0 Å². The van der Waals surface area contributed by atoms with Crippen molar-refractivity contribution in [1.82, 2.24) is 5.32 Å². The molecule has 1 N–H and O–H groups in total. The molecule has 0 radical (unpaired) electrons. The van der Waals surface area contributed by atoms with Gasteiger partial charge in [-0.05, 0) is 91.0 Å². The Morgan fingerprint density at radius 3 is 1.65 bits per heavy atom. The maximum absolute atomic E-state index is 3.41. The molecule has 6 aromatic rings. The van der Waals surface area contributed by atoms with Crippen LogP contribution < -0.4 is 5.32 Å². The molecule has 1 atom stereocenters. The van der Waals surface area contributed by atoms with Crippen molar-refractivity contribution < 1.29 is 0 Å². The topological polar surface area (TPSA) is 12.0 Å². The van der Waals surface area contributed by atoms with Gasteiger partial charge in [0.2, 0.25) is 0 Å². The molecule has 0 spiro atoms. The summed E-state index contributed by atoms with van der Waals surface area (Å²) in [7, 11) is 0. The molecule has 0 bridgehead atoms. The number of hydrogen-bond acceptors (Lipinski definition) is 1. The van der Waals surface area contributed by atoms with Crippen LogP contribution in [0.3, 0.4) is 0 Å². The highest BCUT2D eigenvalue weighted by Crippen LogP contribution is 2.44. The van der Waals surface area contributed by atoms with Gasteiger partial charge in [-0.3, -0.25) is 0 Å². The lowest BCUT2D eigenvalue weighted by atomic mass is 9.85. The molecule has 0 saturated heterocycles. The van der Waals surface area contributed by atoms with E-state index in [4.69, 9.17) is 0 Å². The van der Waals surface area contributed by atoms with Gasteiger partial charge in [-0.25, -0.2) is 0 Å². The highest BCUT2D eigenvalue weighted by atomic mass is 14.9. The molecular formula is C36H27N. The van der Waals surface area contributed by atoms with Crippen LogP contribution >= 0.6 is 0 Å². The minimum Gasteiger partial charge on any atom is -0.384 e. The molecule has 1 heteroatoms. The maximum Gasteiger partial charge on any atom is 0.0486 e. The van der Waals surface area contributed by atoms with E-state index in [-0.39, 0.29) is 0 Å². The van der Waals surface area contributed by atoms with Gasteiger partial charge >= 0.3 is 0 Å². The van der Waals surface area contributed by atoms with Gasteiger partial charge in [0, 0.05) is 6.04 Å². The van der Waals surface area contributed by atoms with Crippen molar-refractivity contribution >= 4 is 37.9 Å². The van der Waals surface area contributed by atoms with Crippen LogP contribution in [0.25, 0.3) is 60.1 Å². The van der Waals surface area contributed by atoms with Crippen molar-refractivity contribution in [2.75, 3.05) is 0 Å². The molecule has 1 aliphatic rings. The Bertz CT molecular complexity index is 1800. The van der Waals surface area contributed by atoms with Crippen molar-refractivity contribution in [1.29, 1.82) is 0 Å². The van der Waals surface area contributed by atoms with Crippen molar-refractivity contribution in [2.45, 2.75) is 13.0 Å². The lowest BCUT2D eigenvalue weighted by Gasteiger charge is -2.21. The van der Waals surface area contributed by atoms with E-state index in [1.807, 2.05) is 6.20 Å². The maximum atomic E-state index is 3.41. The van der Waals surface area contributed by atoms with Crippen LogP contribution in [0.2, 0.25) is 0 Å². The lowest BCUT2D eigenvalue weighted by Crippen LogP contribution is -2.23. The van der Waals surface area contributed by atoms with Crippen LogP contribution in [0.15, 0.2) is 134 Å². The zero-order valence-electron chi connectivity index (χ0n) is 20.8. The summed E-state index contributed by atoms with van der Waals surface area (Å²) in [5.41, 5.74) is 7.67. The Morgan fingerprint density at radius 2 is 1.03 bits per heavy atom. The first kappa shape index (κ1) is 21.6. The summed E-state index contributed by atoms with van der Waals surface area (Å²) in [6.45, 7) is 2.20. The Kier molecular flexibility index (Phi) is 5.15. The summed E-state index contributed by atoms with van der Waals surface area (Å²) in [4.78, 5) is 0. The predicted molar refractivity (Wildman–Crippen MR) is 160 cm³/mol. The zero-order chi connectivity index (χ0) is 24.8. The minimum atomic E-state index is 0.304. The number of fused-ring (bicyclic) bond motifs is 3. The highest BCUT2D eigenvalue weighted by molar-refractivity contribution is 6.21. The second-order valence-corrected chi connectivity index (χ2v) is 9.85. The number of nitrogens with one attached hydrogen (secondary N) is 1. The molecule has 1 nitrogen and oxygen atoms in total. The standard InChI is InChI=1S/C36H27N/c1-24-30(15-8-22-37-24)26-17-19-27(20-18-26)35-31-11-4-6-13-33(31)36(34-14-7-5-12-32(34)35)29-21-16-25-9-2-3-10-28(25)23-29/h2-24,37H,1H3. The summed E-state index contributed by atoms with van der Waals surface area (Å²) in [6, 6.07) is 42.6. The second kappa shape index (κ2) is 8.80.